The number of carboxylic acid groups (broad SMARTS) is 1. The van der Waals surface area contributed by atoms with Crippen LogP contribution in [0.2, 0.25) is 0 Å². The smallest absolute Gasteiger partial charge is 0.306 e. The van der Waals surface area contributed by atoms with Gasteiger partial charge in [-0.2, -0.15) is 0 Å². The molecule has 5 rings (SSSR count). The molecule has 2 unspecified atom stereocenters. The van der Waals surface area contributed by atoms with Crippen LogP contribution in [0.1, 0.15) is 71.2 Å². The van der Waals surface area contributed by atoms with Crippen LogP contribution < -0.4 is 20.1 Å². The molecule has 0 bridgehead atoms. The van der Waals surface area contributed by atoms with E-state index in [0.29, 0.717) is 30.8 Å². The lowest BCUT2D eigenvalue weighted by atomic mass is 9.67. The second-order valence-electron chi connectivity index (χ2n) is 11.2. The summed E-state index contributed by atoms with van der Waals surface area (Å²) in [6.07, 6.45) is 3.77. The number of aliphatic carboxylic acids is 1. The third-order valence-corrected chi connectivity index (χ3v) is 8.59. The summed E-state index contributed by atoms with van der Waals surface area (Å²) in [5, 5.41) is 15.7. The molecule has 11 nitrogen and oxygen atoms in total. The number of nitrogens with one attached hydrogen (secondary N) is 2. The zero-order valence-corrected chi connectivity index (χ0v) is 23.5. The van der Waals surface area contributed by atoms with Crippen molar-refractivity contribution in [2.45, 2.75) is 57.4 Å². The molecular weight excluding hydrogens is 542 g/mol. The van der Waals surface area contributed by atoms with Crippen molar-refractivity contribution in [1.82, 2.24) is 15.5 Å². The summed E-state index contributed by atoms with van der Waals surface area (Å²) in [5.41, 5.74) is 0.287. The van der Waals surface area contributed by atoms with E-state index in [4.69, 9.17) is 9.47 Å². The van der Waals surface area contributed by atoms with Gasteiger partial charge in [-0.1, -0.05) is 49.6 Å². The fourth-order valence-corrected chi connectivity index (χ4v) is 6.25. The Balaban J connectivity index is 1.30. The number of benzene rings is 2. The third kappa shape index (κ3) is 5.81. The number of hydrogen-bond donors (Lipinski definition) is 3. The lowest BCUT2D eigenvalue weighted by molar-refractivity contribution is -0.146. The molecule has 222 valence electrons. The number of carbonyl (C=O) groups is 5. The topological polar surface area (TPSA) is 151 Å². The number of imide groups is 1. The Morgan fingerprint density at radius 2 is 1.60 bits per heavy atom. The average molecular weight is 578 g/mol. The van der Waals surface area contributed by atoms with Crippen LogP contribution in [0.25, 0.3) is 0 Å². The average Bonchev–Trinajstić information content (AvgIpc) is 3.55. The Hall–Kier alpha value is -4.41. The van der Waals surface area contributed by atoms with Gasteiger partial charge in [0.15, 0.2) is 11.5 Å². The highest BCUT2D eigenvalue weighted by molar-refractivity contribution is 6.21. The van der Waals surface area contributed by atoms with Crippen LogP contribution in [0.4, 0.5) is 0 Å². The minimum absolute atomic E-state index is 0.00850. The summed E-state index contributed by atoms with van der Waals surface area (Å²) in [7, 11) is 1.51. The fourth-order valence-electron chi connectivity index (χ4n) is 6.25. The molecule has 0 aromatic heterocycles. The highest BCUT2D eigenvalue weighted by atomic mass is 16.7. The molecule has 1 saturated carbocycles. The number of nitrogens with zero attached hydrogens (tertiary/aromatic N) is 1. The van der Waals surface area contributed by atoms with Crippen molar-refractivity contribution in [3.63, 3.8) is 0 Å². The van der Waals surface area contributed by atoms with E-state index < -0.39 is 35.2 Å². The summed E-state index contributed by atoms with van der Waals surface area (Å²) < 4.78 is 10.7. The molecule has 0 radical (unpaired) electrons. The molecule has 2 heterocycles. The van der Waals surface area contributed by atoms with Gasteiger partial charge in [0.2, 0.25) is 18.6 Å². The highest BCUT2D eigenvalue weighted by Crippen LogP contribution is 2.43. The van der Waals surface area contributed by atoms with E-state index in [1.165, 1.54) is 19.2 Å². The van der Waals surface area contributed by atoms with Crippen LogP contribution in [-0.2, 0) is 20.8 Å². The number of fused-ring (bicyclic) bond motifs is 2. The molecule has 2 aromatic carbocycles. The lowest BCUT2D eigenvalue weighted by Crippen LogP contribution is -2.53. The molecule has 0 saturated heterocycles. The van der Waals surface area contributed by atoms with Crippen LogP contribution in [0, 0.1) is 11.3 Å². The first-order chi connectivity index (χ1) is 20.2. The summed E-state index contributed by atoms with van der Waals surface area (Å²) in [6, 6.07) is 11.5. The Kier molecular flexibility index (Phi) is 8.46. The zero-order valence-electron chi connectivity index (χ0n) is 23.5. The number of likely N-dealkylation sites (N-methyl/N-ethyl adjacent to an activating group) is 1. The van der Waals surface area contributed by atoms with Gasteiger partial charge in [0.05, 0.1) is 22.5 Å². The number of carbonyl (C=O) groups excluding carboxylic acids is 4. The molecule has 42 heavy (non-hydrogen) atoms. The van der Waals surface area contributed by atoms with Gasteiger partial charge in [0.25, 0.3) is 11.8 Å². The Morgan fingerprint density at radius 1 is 0.976 bits per heavy atom. The van der Waals surface area contributed by atoms with Crippen LogP contribution in [0.5, 0.6) is 11.5 Å². The molecular formula is C31H35N3O8. The first-order valence-corrected chi connectivity index (χ1v) is 14.3. The normalized spacial score (nSPS) is 18.3. The SMILES string of the molecule is CNC(=O)C(Cc1ccccc1)NC(=O)C1(CC(CCN2C(=O)c3cc4c(cc3C2=O)OCO4)C(=O)O)CCCCC1. The second-order valence-corrected chi connectivity index (χ2v) is 11.2. The molecule has 1 fully saturated rings. The quantitative estimate of drug-likeness (QED) is 0.345. The molecule has 3 aliphatic rings. The monoisotopic (exact) mass is 577 g/mol. The van der Waals surface area contributed by atoms with E-state index in [-0.39, 0.29) is 49.1 Å². The Morgan fingerprint density at radius 3 is 2.17 bits per heavy atom. The van der Waals surface area contributed by atoms with Crippen LogP contribution in [0.15, 0.2) is 42.5 Å². The lowest BCUT2D eigenvalue weighted by Gasteiger charge is -2.38. The van der Waals surface area contributed by atoms with Crippen molar-refractivity contribution in [2.24, 2.45) is 11.3 Å². The number of ether oxygens (including phenoxy) is 2. The van der Waals surface area contributed by atoms with Gasteiger partial charge in [-0.05, 0) is 43.4 Å². The largest absolute Gasteiger partial charge is 0.481 e. The number of hydrogen-bond acceptors (Lipinski definition) is 7. The first-order valence-electron chi connectivity index (χ1n) is 14.3. The van der Waals surface area contributed by atoms with Crippen molar-refractivity contribution in [3.8, 4) is 11.5 Å². The van der Waals surface area contributed by atoms with Crippen LogP contribution in [-0.4, -0.2) is 66.0 Å². The van der Waals surface area contributed by atoms with Crippen molar-refractivity contribution in [1.29, 1.82) is 0 Å². The number of amides is 4. The highest BCUT2D eigenvalue weighted by Gasteiger charge is 2.45. The van der Waals surface area contributed by atoms with Gasteiger partial charge in [-0.25, -0.2) is 0 Å². The fraction of sp³-hybridized carbons (Fsp3) is 0.452. The maximum atomic E-state index is 13.9. The van der Waals surface area contributed by atoms with E-state index in [1.54, 1.807) is 0 Å². The predicted octanol–water partition coefficient (Wildman–Crippen LogP) is 2.92. The molecule has 4 amide bonds. The van der Waals surface area contributed by atoms with Gasteiger partial charge < -0.3 is 25.2 Å². The van der Waals surface area contributed by atoms with Gasteiger partial charge in [-0.3, -0.25) is 28.9 Å². The van der Waals surface area contributed by atoms with Crippen molar-refractivity contribution in [2.75, 3.05) is 20.4 Å². The summed E-state index contributed by atoms with van der Waals surface area (Å²) in [4.78, 5) is 66.3. The van der Waals surface area contributed by atoms with E-state index in [1.807, 2.05) is 30.3 Å². The maximum absolute atomic E-state index is 13.9. The van der Waals surface area contributed by atoms with Crippen LogP contribution in [0.3, 0.4) is 0 Å². The summed E-state index contributed by atoms with van der Waals surface area (Å²) >= 11 is 0. The zero-order chi connectivity index (χ0) is 29.9. The molecule has 2 aromatic rings. The summed E-state index contributed by atoms with van der Waals surface area (Å²) in [6.45, 7) is -0.0989. The molecule has 1 aliphatic carbocycles. The molecule has 2 atom stereocenters. The van der Waals surface area contributed by atoms with E-state index in [0.717, 1.165) is 29.7 Å². The predicted molar refractivity (Wildman–Crippen MR) is 150 cm³/mol. The van der Waals surface area contributed by atoms with Crippen molar-refractivity contribution in [3.05, 3.63) is 59.2 Å². The minimum atomic E-state index is -1.10. The van der Waals surface area contributed by atoms with Gasteiger partial charge in [-0.15, -0.1) is 0 Å². The number of carboxylic acids is 1. The Bertz CT molecular complexity index is 1340. The molecule has 2 aliphatic heterocycles. The van der Waals surface area contributed by atoms with Gasteiger partial charge in [0, 0.05) is 20.0 Å². The summed E-state index contributed by atoms with van der Waals surface area (Å²) in [5.74, 6) is -3.03. The minimum Gasteiger partial charge on any atom is -0.481 e. The van der Waals surface area contributed by atoms with Crippen molar-refractivity contribution < 1.29 is 38.6 Å². The molecule has 0 spiro atoms. The van der Waals surface area contributed by atoms with Gasteiger partial charge >= 0.3 is 5.97 Å². The van der Waals surface area contributed by atoms with Crippen LogP contribution >= 0.6 is 0 Å². The standard InChI is InChI=1S/C31H35N3O8/c1-32-26(35)23(14-19-8-4-2-5-9-19)33-30(40)31(11-6-3-7-12-31)17-20(29(38)39)10-13-34-27(36)21-15-24-25(42-18-41-24)16-22(21)28(34)37/h2,4-5,8-9,15-16,20,23H,3,6-7,10-14,17-18H2,1H3,(H,32,35)(H,33,40)(H,38,39). The second kappa shape index (κ2) is 12.2. The first kappa shape index (κ1) is 29.1. The van der Waals surface area contributed by atoms with E-state index in [2.05, 4.69) is 10.6 Å². The van der Waals surface area contributed by atoms with E-state index >= 15 is 0 Å². The maximum Gasteiger partial charge on any atom is 0.306 e. The third-order valence-electron chi connectivity index (χ3n) is 8.59. The Labute approximate surface area is 243 Å². The molecule has 3 N–H and O–H groups in total. The van der Waals surface area contributed by atoms with Gasteiger partial charge in [0.1, 0.15) is 6.04 Å². The number of rotatable bonds is 11. The molecule has 11 heteroatoms. The van der Waals surface area contributed by atoms with E-state index in [9.17, 15) is 29.1 Å². The van der Waals surface area contributed by atoms with Crippen molar-refractivity contribution >= 4 is 29.6 Å².